The van der Waals surface area contributed by atoms with Crippen molar-refractivity contribution < 1.29 is 88.5 Å². The first-order valence-corrected chi connectivity index (χ1v) is 23.4. The van der Waals surface area contributed by atoms with Gasteiger partial charge in [-0.2, -0.15) is 19.4 Å². The van der Waals surface area contributed by atoms with Crippen molar-refractivity contribution in [1.82, 2.24) is 20.9 Å². The molecule has 0 atom stereocenters. The number of primary sulfonamides is 2. The first-order chi connectivity index (χ1) is 31.9. The number of benzene rings is 5. The van der Waals surface area contributed by atoms with Gasteiger partial charge in [-0.15, -0.1) is 9.32 Å². The number of aryl methyl sites for hydroxylation is 2. The van der Waals surface area contributed by atoms with Crippen LogP contribution in [0, 0.1) is 72.0 Å². The van der Waals surface area contributed by atoms with Crippen LogP contribution in [-0.2, 0) is 45.1 Å². The van der Waals surface area contributed by atoms with Crippen molar-refractivity contribution in [1.29, 1.82) is 0 Å². The smallest absolute Gasteiger partial charge is 0.353 e. The number of rotatable bonds is 9. The maximum Gasteiger partial charge on any atom is 0.353 e. The van der Waals surface area contributed by atoms with E-state index in [4.69, 9.17) is 24.0 Å². The summed E-state index contributed by atoms with van der Waals surface area (Å²) in [6, 6.07) is 16.1. The van der Waals surface area contributed by atoms with E-state index in [0.29, 0.717) is 30.1 Å². The predicted molar refractivity (Wildman–Crippen MR) is 236 cm³/mol. The molecule has 71 heavy (non-hydrogen) atoms. The second-order valence-electron chi connectivity index (χ2n) is 12.2. The highest BCUT2D eigenvalue weighted by Gasteiger charge is 2.24. The van der Waals surface area contributed by atoms with Crippen LogP contribution in [0.3, 0.4) is 0 Å². The van der Waals surface area contributed by atoms with E-state index in [0.717, 1.165) is 65.7 Å². The van der Waals surface area contributed by atoms with Gasteiger partial charge in [0.1, 0.15) is 27.1 Å². The van der Waals surface area contributed by atoms with Crippen LogP contribution >= 0.6 is 22.7 Å². The lowest BCUT2D eigenvalue weighted by molar-refractivity contribution is -0.195. The Balaban J connectivity index is 0. The minimum Gasteiger partial charge on any atom is -0.412 e. The van der Waals surface area contributed by atoms with E-state index in [-0.39, 0.29) is 27.9 Å². The van der Waals surface area contributed by atoms with Crippen LogP contribution in [0.5, 0.6) is 0 Å². The van der Waals surface area contributed by atoms with Gasteiger partial charge in [0, 0.05) is 17.1 Å². The van der Waals surface area contributed by atoms with Crippen molar-refractivity contribution in [2.75, 3.05) is 5.43 Å². The summed E-state index contributed by atoms with van der Waals surface area (Å²) in [4.78, 5) is 5.85. The van der Waals surface area contributed by atoms with E-state index in [1.165, 1.54) is 4.68 Å². The zero-order valence-electron chi connectivity index (χ0n) is 35.7. The minimum atomic E-state index is -4.37. The summed E-state index contributed by atoms with van der Waals surface area (Å²) >= 11 is 0.341. The van der Waals surface area contributed by atoms with Gasteiger partial charge >= 0.3 is 9.33 Å². The molecular formula is C35H40ClF10N11O10S4. The molecule has 0 saturated heterocycles. The molecule has 0 aliphatic carbocycles. The molecule has 1 aromatic heterocycles. The lowest BCUT2D eigenvalue weighted by atomic mass is 10.1. The van der Waals surface area contributed by atoms with Gasteiger partial charge < -0.3 is 17.1 Å². The van der Waals surface area contributed by atoms with Gasteiger partial charge in [-0.3, -0.25) is 22.1 Å². The number of hydrazine groups is 2. The van der Waals surface area contributed by atoms with Crippen LogP contribution < -0.4 is 45.3 Å². The van der Waals surface area contributed by atoms with Crippen LogP contribution in [0.4, 0.5) is 49.6 Å². The maximum atomic E-state index is 14.5. The van der Waals surface area contributed by atoms with Crippen molar-refractivity contribution in [3.05, 3.63) is 160 Å². The van der Waals surface area contributed by atoms with Gasteiger partial charge in [0.05, 0.1) is 22.6 Å². The molecule has 0 radical (unpaired) electrons. The van der Waals surface area contributed by atoms with Crippen molar-refractivity contribution in [2.24, 2.45) is 33.7 Å². The Morgan fingerprint density at radius 3 is 1.63 bits per heavy atom. The number of halogens is 11. The summed E-state index contributed by atoms with van der Waals surface area (Å²) in [7, 11) is -8.77. The fourth-order valence-corrected chi connectivity index (χ4v) is 6.24. The number of nitrogen functional groups attached to an aromatic ring is 1. The Hall–Kier alpha value is -5.61. The number of nitrogens with zero attached hydrogens (tertiary/aromatic N) is 3. The quantitative estimate of drug-likeness (QED) is 0.0140. The summed E-state index contributed by atoms with van der Waals surface area (Å²) in [6.07, 6.45) is 0.348. The Morgan fingerprint density at radius 1 is 0.690 bits per heavy atom. The molecule has 6 rings (SSSR count). The summed E-state index contributed by atoms with van der Waals surface area (Å²) in [5.74, 6) is 4.33. The normalized spacial score (nSPS) is 10.6. The third-order valence-electron chi connectivity index (χ3n) is 7.36. The van der Waals surface area contributed by atoms with Crippen molar-refractivity contribution >= 4 is 57.8 Å². The van der Waals surface area contributed by atoms with Gasteiger partial charge in [0.15, 0.2) is 58.2 Å². The number of nitrogens with two attached hydrogens (primary N) is 6. The van der Waals surface area contributed by atoms with E-state index in [1.54, 1.807) is 6.92 Å². The van der Waals surface area contributed by atoms with E-state index in [1.807, 2.05) is 36.6 Å². The Kier molecular flexibility index (Phi) is 28.8. The van der Waals surface area contributed by atoms with Crippen LogP contribution in [0.15, 0.2) is 93.5 Å². The summed E-state index contributed by atoms with van der Waals surface area (Å²) in [6.45, 7) is 3.57. The molecule has 0 aliphatic heterocycles. The molecule has 21 nitrogen and oxygen atoms in total. The highest BCUT2D eigenvalue weighted by molar-refractivity contribution is 8.09. The maximum absolute atomic E-state index is 14.5. The molecule has 6 aromatic rings. The predicted octanol–water partition coefficient (Wildman–Crippen LogP) is 4.52. The molecule has 0 bridgehead atoms. The molecule has 0 unspecified atom stereocenters. The van der Waals surface area contributed by atoms with Crippen LogP contribution in [0.25, 0.3) is 5.69 Å². The van der Waals surface area contributed by atoms with Crippen LogP contribution in [-0.4, -0.2) is 50.0 Å². The largest absolute Gasteiger partial charge is 0.412 e. The van der Waals surface area contributed by atoms with E-state index >= 15 is 0 Å². The molecule has 5 aromatic carbocycles. The van der Waals surface area contributed by atoms with Gasteiger partial charge in [0.25, 0.3) is 0 Å². The van der Waals surface area contributed by atoms with Crippen molar-refractivity contribution in [2.45, 2.75) is 35.0 Å². The molecule has 36 heteroatoms. The monoisotopic (exact) mass is 1130 g/mol. The topological polar surface area (TPSA) is 406 Å². The lowest BCUT2D eigenvalue weighted by Crippen LogP contribution is -2.16. The Morgan fingerprint density at radius 2 is 1.17 bits per heavy atom. The third kappa shape index (κ3) is 21.7. The zero-order valence-corrected chi connectivity index (χ0v) is 39.8. The molecule has 0 aliphatic rings. The lowest BCUT2D eigenvalue weighted by Gasteiger charge is -2.10. The van der Waals surface area contributed by atoms with E-state index in [2.05, 4.69) is 52.8 Å². The number of nitrogens with one attached hydrogen (secondary N) is 1. The average Bonchev–Trinajstić information content (AvgIpc) is 3.62. The van der Waals surface area contributed by atoms with Crippen LogP contribution in [0.1, 0.15) is 22.8 Å². The molecular weight excluding hydrogens is 1090 g/mol. The molecule has 19 N–H and O–H groups in total. The zero-order chi connectivity index (χ0) is 53.2. The van der Waals surface area contributed by atoms with Crippen molar-refractivity contribution in [3.8, 4) is 5.69 Å². The molecule has 0 saturated carbocycles. The van der Waals surface area contributed by atoms with Gasteiger partial charge in [-0.25, -0.2) is 80.7 Å². The standard InChI is InChI=1S/C17H16F2N4O2S.C6H4F3NO2S.C6H3F3.C6H7F2N3O2S.ClHO3S.H4N2.H3N.H2O/c1-10-4-3-5-12(8-10)9-15-21-11(2)22-23(15)13-6-7-14(26(20,24)25)17(19)16(13)18;7-3-1-2-4(13-12-11-10)6(9)5(3)8;7-4-2-1-3-5(8)6(4)9;7-5-3(11-9)1-2-4(6(5)8)14(10,12)13;1-5(2,3)4;1-2;;/h3-8H,9H2,1-2H3,(H2,20,24,25);1-2H,10H2;1-3H;1-2,11H,9H2,(H2,10,12,13);(H,2,3,4);1-2H2;1H3;1H2. The fraction of sp³-hybridized carbons (Fsp3) is 0.0857. The molecule has 396 valence electrons. The highest BCUT2D eigenvalue weighted by atomic mass is 35.7. The molecule has 0 fully saturated rings. The molecule has 1 heterocycles. The van der Waals surface area contributed by atoms with Gasteiger partial charge in [-0.1, -0.05) is 35.9 Å². The number of hydrogen-bond donors (Lipinski definition) is 9. The van der Waals surface area contributed by atoms with Crippen LogP contribution in [0.2, 0.25) is 0 Å². The third-order valence-corrected chi connectivity index (χ3v) is 9.86. The first kappa shape index (κ1) is 67.5. The SMILES string of the molecule is Cc1cccc(Cc2nc(C)nn2-c2ccc(S(N)(=O)=O)c(F)c2F)c1.Fc1cccc(F)c1F.N.NN.NNc1ccc(S(N)(=O)=O)c(F)c1F.NOOSc1ccc(F)c(F)c1F.O.O=S(=O)(O)Cl. The minimum absolute atomic E-state index is 0. The number of anilines is 1. The number of hydrogen-bond acceptors (Lipinski definition) is 17. The first-order valence-electron chi connectivity index (χ1n) is 17.3. The molecule has 0 spiro atoms. The van der Waals surface area contributed by atoms with E-state index in [9.17, 15) is 60.7 Å². The van der Waals surface area contributed by atoms with Gasteiger partial charge in [0.2, 0.25) is 20.0 Å². The summed E-state index contributed by atoms with van der Waals surface area (Å²) in [5.41, 5.74) is 3.26. The second-order valence-corrected chi connectivity index (χ2v) is 18.0. The number of sulfonamides is 2. The number of aromatic nitrogens is 3. The second kappa shape index (κ2) is 30.3. The van der Waals surface area contributed by atoms with E-state index < -0.39 is 97.3 Å². The van der Waals surface area contributed by atoms with Crippen molar-refractivity contribution in [3.63, 3.8) is 0 Å². The molecule has 0 amide bonds. The highest BCUT2D eigenvalue weighted by Crippen LogP contribution is 2.26. The fourth-order valence-electron chi connectivity index (χ4n) is 4.65. The summed E-state index contributed by atoms with van der Waals surface area (Å²) in [5, 5.41) is 13.6. The Bertz CT molecular complexity index is 3020. The Labute approximate surface area is 405 Å². The van der Waals surface area contributed by atoms with Gasteiger partial charge in [-0.05, 0) is 67.9 Å². The average molecular weight is 1130 g/mol. The summed E-state index contributed by atoms with van der Waals surface area (Å²) < 4.78 is 203.